The molecule has 30 heavy (non-hydrogen) atoms. The van der Waals surface area contributed by atoms with E-state index >= 15 is 0 Å². The van der Waals surface area contributed by atoms with Gasteiger partial charge in [-0.1, -0.05) is 11.6 Å². The molecule has 164 valence electrons. The van der Waals surface area contributed by atoms with Crippen molar-refractivity contribution >= 4 is 51.7 Å². The lowest BCUT2D eigenvalue weighted by Crippen LogP contribution is -2.50. The number of ether oxygens (including phenoxy) is 1. The van der Waals surface area contributed by atoms with Gasteiger partial charge in [0, 0.05) is 30.7 Å². The van der Waals surface area contributed by atoms with Gasteiger partial charge in [0.15, 0.2) is 11.0 Å². The summed E-state index contributed by atoms with van der Waals surface area (Å²) in [4.78, 5) is 22.2. The highest BCUT2D eigenvalue weighted by molar-refractivity contribution is 7.98. The molecule has 0 unspecified atom stereocenters. The van der Waals surface area contributed by atoms with Crippen molar-refractivity contribution in [3.05, 3.63) is 17.2 Å². The van der Waals surface area contributed by atoms with E-state index in [-0.39, 0.29) is 22.8 Å². The molecular formula is C19H26ClFN6O2S. The number of carbonyl (C=O) groups excluding carboxylic acids is 1. The molecule has 1 amide bonds. The standard InChI is InChI=1S/C19H26ClFN6O2S/c1-19(2,3)29-18(28)26-7-5-10(6-8-26)27(23)15-11-9-24-16(20)12(21)14(11)25-17(30-4)13(15)22/h9-10H,5-8,22-23H2,1-4H3. The van der Waals surface area contributed by atoms with Crippen LogP contribution in [0.15, 0.2) is 11.2 Å². The number of anilines is 2. The molecule has 8 nitrogen and oxygen atoms in total. The van der Waals surface area contributed by atoms with Crippen LogP contribution in [0.5, 0.6) is 0 Å². The lowest BCUT2D eigenvalue weighted by atomic mass is 10.0. The zero-order valence-corrected chi connectivity index (χ0v) is 19.0. The van der Waals surface area contributed by atoms with E-state index in [1.807, 2.05) is 20.8 Å². The maximum absolute atomic E-state index is 14.6. The van der Waals surface area contributed by atoms with Crippen LogP contribution in [0.2, 0.25) is 5.15 Å². The molecule has 0 aliphatic carbocycles. The van der Waals surface area contributed by atoms with Gasteiger partial charge in [0.1, 0.15) is 16.1 Å². The van der Waals surface area contributed by atoms with Crippen molar-refractivity contribution in [3.63, 3.8) is 0 Å². The lowest BCUT2D eigenvalue weighted by molar-refractivity contribution is 0.0204. The van der Waals surface area contributed by atoms with Gasteiger partial charge in [0.2, 0.25) is 0 Å². The van der Waals surface area contributed by atoms with E-state index in [9.17, 15) is 9.18 Å². The Morgan fingerprint density at radius 3 is 2.60 bits per heavy atom. The van der Waals surface area contributed by atoms with Gasteiger partial charge in [-0.2, -0.15) is 0 Å². The third-order valence-corrected chi connectivity index (χ3v) is 5.83. The molecule has 0 saturated carbocycles. The molecule has 11 heteroatoms. The molecule has 1 aliphatic rings. The Balaban J connectivity index is 1.87. The number of nitrogens with two attached hydrogens (primary N) is 2. The average Bonchev–Trinajstić information content (AvgIpc) is 2.69. The van der Waals surface area contributed by atoms with Crippen molar-refractivity contribution in [2.75, 3.05) is 30.1 Å². The van der Waals surface area contributed by atoms with E-state index < -0.39 is 11.4 Å². The van der Waals surface area contributed by atoms with Crippen molar-refractivity contribution in [3.8, 4) is 0 Å². The Bertz CT molecular complexity index is 962. The van der Waals surface area contributed by atoms with Crippen LogP contribution < -0.4 is 16.6 Å². The summed E-state index contributed by atoms with van der Waals surface area (Å²) >= 11 is 7.13. The second-order valence-electron chi connectivity index (χ2n) is 8.11. The first-order valence-electron chi connectivity index (χ1n) is 9.52. The van der Waals surface area contributed by atoms with Gasteiger partial charge >= 0.3 is 6.09 Å². The fraction of sp³-hybridized carbons (Fsp3) is 0.526. The number of pyridine rings is 2. The molecule has 2 aromatic rings. The van der Waals surface area contributed by atoms with E-state index in [4.69, 9.17) is 27.9 Å². The number of carbonyl (C=O) groups is 1. The van der Waals surface area contributed by atoms with Crippen LogP contribution in [0.4, 0.5) is 20.6 Å². The van der Waals surface area contributed by atoms with E-state index in [0.717, 1.165) is 0 Å². The second kappa shape index (κ2) is 8.60. The third kappa shape index (κ3) is 4.50. The molecule has 0 bridgehead atoms. The van der Waals surface area contributed by atoms with Crippen LogP contribution in [-0.2, 0) is 4.74 Å². The Morgan fingerprint density at radius 1 is 1.40 bits per heavy atom. The molecule has 3 rings (SSSR count). The summed E-state index contributed by atoms with van der Waals surface area (Å²) < 4.78 is 20.0. The van der Waals surface area contributed by atoms with Crippen LogP contribution >= 0.6 is 23.4 Å². The van der Waals surface area contributed by atoms with Crippen LogP contribution in [0.3, 0.4) is 0 Å². The topological polar surface area (TPSA) is 111 Å². The summed E-state index contributed by atoms with van der Waals surface area (Å²) in [5.74, 6) is 5.76. The minimum Gasteiger partial charge on any atom is -0.444 e. The van der Waals surface area contributed by atoms with Crippen molar-refractivity contribution in [2.45, 2.75) is 50.3 Å². The number of thioether (sulfide) groups is 1. The molecule has 0 spiro atoms. The molecule has 1 saturated heterocycles. The predicted octanol–water partition coefficient (Wildman–Crippen LogP) is 3.81. The first-order chi connectivity index (χ1) is 14.0. The number of hydrogen-bond donors (Lipinski definition) is 2. The fourth-order valence-corrected chi connectivity index (χ4v) is 4.05. The molecule has 2 aromatic heterocycles. The van der Waals surface area contributed by atoms with E-state index in [2.05, 4.69) is 9.97 Å². The Kier molecular flexibility index (Phi) is 6.49. The number of fused-ring (bicyclic) bond motifs is 1. The summed E-state index contributed by atoms with van der Waals surface area (Å²) in [7, 11) is 0. The molecule has 1 aliphatic heterocycles. The van der Waals surface area contributed by atoms with Gasteiger partial charge in [-0.15, -0.1) is 11.8 Å². The maximum atomic E-state index is 14.6. The normalized spacial score (nSPS) is 15.5. The van der Waals surface area contributed by atoms with Crippen LogP contribution in [0.25, 0.3) is 10.9 Å². The summed E-state index contributed by atoms with van der Waals surface area (Å²) in [6.07, 6.45) is 4.10. The SMILES string of the molecule is CSc1nc2c(F)c(Cl)ncc2c(N(N)C2CCN(C(=O)OC(C)(C)C)CC2)c1N. The molecule has 4 N–H and O–H groups in total. The van der Waals surface area contributed by atoms with Crippen molar-refractivity contribution < 1.29 is 13.9 Å². The number of likely N-dealkylation sites (tertiary alicyclic amines) is 1. The summed E-state index contributed by atoms with van der Waals surface area (Å²) in [5, 5.41) is 2.14. The minimum atomic E-state index is -0.709. The fourth-order valence-electron chi connectivity index (χ4n) is 3.42. The first kappa shape index (κ1) is 22.6. The minimum absolute atomic E-state index is 0.0743. The zero-order chi connectivity index (χ0) is 22.2. The van der Waals surface area contributed by atoms with Gasteiger partial charge < -0.3 is 20.4 Å². The number of piperidine rings is 1. The maximum Gasteiger partial charge on any atom is 0.410 e. The van der Waals surface area contributed by atoms with Gasteiger partial charge in [-0.3, -0.25) is 0 Å². The van der Waals surface area contributed by atoms with Crippen LogP contribution in [0, 0.1) is 5.82 Å². The highest BCUT2D eigenvalue weighted by Crippen LogP contribution is 2.39. The monoisotopic (exact) mass is 456 g/mol. The average molecular weight is 457 g/mol. The van der Waals surface area contributed by atoms with E-state index in [1.165, 1.54) is 18.0 Å². The number of nitrogens with zero attached hydrogens (tertiary/aromatic N) is 4. The lowest BCUT2D eigenvalue weighted by Gasteiger charge is -2.38. The number of amides is 1. The Hall–Kier alpha value is -2.04. The molecule has 0 atom stereocenters. The number of halogens is 2. The smallest absolute Gasteiger partial charge is 0.410 e. The van der Waals surface area contributed by atoms with Gasteiger partial charge in [-0.05, 0) is 39.9 Å². The van der Waals surface area contributed by atoms with E-state index in [1.54, 1.807) is 16.2 Å². The quantitative estimate of drug-likeness (QED) is 0.310. The Labute approximate surface area is 184 Å². The van der Waals surface area contributed by atoms with Gasteiger partial charge in [0.25, 0.3) is 0 Å². The Morgan fingerprint density at radius 2 is 2.03 bits per heavy atom. The first-order valence-corrected chi connectivity index (χ1v) is 11.1. The number of hydrazine groups is 1. The highest BCUT2D eigenvalue weighted by atomic mass is 35.5. The molecule has 1 fully saturated rings. The van der Waals surface area contributed by atoms with E-state index in [0.29, 0.717) is 47.7 Å². The van der Waals surface area contributed by atoms with Crippen LogP contribution in [-0.4, -0.2) is 51.9 Å². The molecule has 3 heterocycles. The molecule has 0 aromatic carbocycles. The molecule has 0 radical (unpaired) electrons. The van der Waals surface area contributed by atoms with Gasteiger partial charge in [-0.25, -0.2) is 25.0 Å². The third-order valence-electron chi connectivity index (χ3n) is 4.87. The number of rotatable bonds is 3. The van der Waals surface area contributed by atoms with Gasteiger partial charge in [0.05, 0.1) is 11.4 Å². The number of nitrogen functional groups attached to an aromatic ring is 1. The molecular weight excluding hydrogens is 431 g/mol. The second-order valence-corrected chi connectivity index (χ2v) is 9.27. The summed E-state index contributed by atoms with van der Waals surface area (Å²) in [5.41, 5.74) is 6.67. The zero-order valence-electron chi connectivity index (χ0n) is 17.4. The number of hydrogen-bond acceptors (Lipinski definition) is 8. The van der Waals surface area contributed by atoms with Crippen LogP contribution in [0.1, 0.15) is 33.6 Å². The predicted molar refractivity (Wildman–Crippen MR) is 118 cm³/mol. The van der Waals surface area contributed by atoms with Crippen molar-refractivity contribution in [2.24, 2.45) is 5.84 Å². The summed E-state index contributed by atoms with van der Waals surface area (Å²) in [6.45, 7) is 6.48. The largest absolute Gasteiger partial charge is 0.444 e. The van der Waals surface area contributed by atoms with Crippen molar-refractivity contribution in [1.29, 1.82) is 0 Å². The highest BCUT2D eigenvalue weighted by Gasteiger charge is 2.31. The number of aromatic nitrogens is 2. The summed E-state index contributed by atoms with van der Waals surface area (Å²) in [6, 6.07) is -0.106. The van der Waals surface area contributed by atoms with Crippen molar-refractivity contribution in [1.82, 2.24) is 14.9 Å².